The van der Waals surface area contributed by atoms with Gasteiger partial charge in [-0.05, 0) is 48.2 Å². The first-order valence-corrected chi connectivity index (χ1v) is 10.2. The predicted molar refractivity (Wildman–Crippen MR) is 109 cm³/mol. The number of hydrogen-bond acceptors (Lipinski definition) is 3. The van der Waals surface area contributed by atoms with Crippen LogP contribution in [0.15, 0.2) is 42.5 Å². The second kappa shape index (κ2) is 10.0. The van der Waals surface area contributed by atoms with Crippen molar-refractivity contribution in [1.29, 1.82) is 0 Å². The Balaban J connectivity index is 1.72. The van der Waals surface area contributed by atoms with Crippen molar-refractivity contribution in [3.05, 3.63) is 65.0 Å². The zero-order valence-corrected chi connectivity index (χ0v) is 17.5. The third kappa shape index (κ3) is 5.99. The van der Waals surface area contributed by atoms with Crippen molar-refractivity contribution in [3.63, 3.8) is 0 Å². The minimum Gasteiger partial charge on any atom is -0.494 e. The van der Waals surface area contributed by atoms with Crippen LogP contribution in [0.25, 0.3) is 0 Å². The van der Waals surface area contributed by atoms with E-state index in [1.165, 1.54) is 31.4 Å². The second-order valence-electron chi connectivity index (χ2n) is 7.66. The molecule has 1 aliphatic heterocycles. The van der Waals surface area contributed by atoms with Gasteiger partial charge >= 0.3 is 6.18 Å². The Morgan fingerprint density at radius 2 is 2.00 bits per heavy atom. The van der Waals surface area contributed by atoms with Crippen molar-refractivity contribution in [1.82, 2.24) is 10.2 Å². The molecule has 0 bridgehead atoms. The summed E-state index contributed by atoms with van der Waals surface area (Å²) in [6, 6.07) is 8.32. The molecule has 0 aliphatic carbocycles. The fourth-order valence-electron chi connectivity index (χ4n) is 3.67. The number of amides is 2. The molecule has 1 N–H and O–H groups in total. The first-order valence-electron chi connectivity index (χ1n) is 10.2. The van der Waals surface area contributed by atoms with E-state index < -0.39 is 29.5 Å². The topological polar surface area (TPSA) is 58.6 Å². The van der Waals surface area contributed by atoms with Crippen LogP contribution in [-0.2, 0) is 22.2 Å². The molecule has 0 radical (unpaired) electrons. The molecule has 2 aromatic carbocycles. The van der Waals surface area contributed by atoms with E-state index in [9.17, 15) is 27.2 Å². The molecule has 1 fully saturated rings. The third-order valence-corrected chi connectivity index (χ3v) is 5.38. The van der Waals surface area contributed by atoms with Crippen LogP contribution in [0, 0.1) is 5.82 Å². The minimum atomic E-state index is -4.52. The molecule has 0 saturated carbocycles. The van der Waals surface area contributed by atoms with Gasteiger partial charge < -0.3 is 15.0 Å². The van der Waals surface area contributed by atoms with Crippen LogP contribution in [-0.4, -0.2) is 36.9 Å². The molecule has 1 saturated heterocycles. The number of nitrogens with one attached hydrogen (secondary N) is 1. The van der Waals surface area contributed by atoms with E-state index in [2.05, 4.69) is 5.32 Å². The fourth-order valence-corrected chi connectivity index (χ4v) is 3.67. The van der Waals surface area contributed by atoms with Crippen LogP contribution in [0.4, 0.5) is 17.6 Å². The number of halogens is 4. The van der Waals surface area contributed by atoms with Gasteiger partial charge in [-0.1, -0.05) is 18.2 Å². The molecule has 2 amide bonds. The Labute approximate surface area is 183 Å². The Hall–Kier alpha value is -3.10. The summed E-state index contributed by atoms with van der Waals surface area (Å²) in [6.07, 6.45) is -3.22. The van der Waals surface area contributed by atoms with Gasteiger partial charge in [-0.25, -0.2) is 4.39 Å². The molecule has 172 valence electrons. The third-order valence-electron chi connectivity index (χ3n) is 5.38. The lowest BCUT2D eigenvalue weighted by Gasteiger charge is -2.26. The average Bonchev–Trinajstić information content (AvgIpc) is 3.16. The summed E-state index contributed by atoms with van der Waals surface area (Å²) < 4.78 is 58.2. The van der Waals surface area contributed by atoms with Crippen molar-refractivity contribution in [2.75, 3.05) is 20.2 Å². The lowest BCUT2D eigenvalue weighted by Crippen LogP contribution is -2.38. The van der Waals surface area contributed by atoms with Crippen molar-refractivity contribution in [2.45, 2.75) is 37.9 Å². The molecule has 32 heavy (non-hydrogen) atoms. The number of methoxy groups -OCH3 is 1. The highest BCUT2D eigenvalue weighted by atomic mass is 19.4. The molecular formula is C23H24F4N2O3. The molecular weight excluding hydrogens is 428 g/mol. The van der Waals surface area contributed by atoms with E-state index in [1.54, 1.807) is 11.0 Å². The van der Waals surface area contributed by atoms with Gasteiger partial charge in [-0.3, -0.25) is 9.59 Å². The molecule has 3 rings (SSSR count). The molecule has 1 atom stereocenters. The lowest BCUT2D eigenvalue weighted by molar-refractivity contribution is -0.137. The normalized spacial score (nSPS) is 15.0. The molecule has 1 aliphatic rings. The van der Waals surface area contributed by atoms with Gasteiger partial charge in [0.1, 0.15) is 0 Å². The van der Waals surface area contributed by atoms with E-state index >= 15 is 0 Å². The van der Waals surface area contributed by atoms with Crippen LogP contribution in [0.5, 0.6) is 5.75 Å². The second-order valence-corrected chi connectivity index (χ2v) is 7.66. The maximum absolute atomic E-state index is 13.8. The summed E-state index contributed by atoms with van der Waals surface area (Å²) in [5.41, 5.74) is 0.0304. The van der Waals surface area contributed by atoms with Gasteiger partial charge in [0, 0.05) is 25.9 Å². The van der Waals surface area contributed by atoms with Crippen LogP contribution in [0.3, 0.4) is 0 Å². The van der Waals surface area contributed by atoms with Crippen LogP contribution in [0.2, 0.25) is 0 Å². The summed E-state index contributed by atoms with van der Waals surface area (Å²) in [6.45, 7) is 0.582. The molecule has 0 aromatic heterocycles. The number of alkyl halides is 3. The van der Waals surface area contributed by atoms with E-state index in [4.69, 9.17) is 4.74 Å². The van der Waals surface area contributed by atoms with Crippen molar-refractivity contribution in [3.8, 4) is 5.75 Å². The van der Waals surface area contributed by atoms with Crippen molar-refractivity contribution in [2.24, 2.45) is 0 Å². The highest BCUT2D eigenvalue weighted by molar-refractivity contribution is 5.79. The number of nitrogens with zero attached hydrogens (tertiary/aromatic N) is 1. The Morgan fingerprint density at radius 1 is 1.22 bits per heavy atom. The largest absolute Gasteiger partial charge is 0.494 e. The van der Waals surface area contributed by atoms with Crippen LogP contribution in [0.1, 0.15) is 42.0 Å². The monoisotopic (exact) mass is 452 g/mol. The van der Waals surface area contributed by atoms with Gasteiger partial charge in [-0.15, -0.1) is 0 Å². The standard InChI is InChI=1S/C23H24F4N2O3/c1-32-20-9-7-15(12-18(20)24)8-10-21(30)28-19(14-29-11-3-6-22(29)31)16-4-2-5-17(13-16)23(25,26)27/h2,4-5,7,9,12-13,19H,3,6,8,10-11,14H2,1H3,(H,28,30). The molecule has 5 nitrogen and oxygen atoms in total. The van der Waals surface area contributed by atoms with Gasteiger partial charge in [0.25, 0.3) is 0 Å². The molecule has 9 heteroatoms. The number of rotatable bonds is 8. The number of likely N-dealkylation sites (tertiary alicyclic amines) is 1. The molecule has 1 unspecified atom stereocenters. The zero-order valence-electron chi connectivity index (χ0n) is 17.5. The van der Waals surface area contributed by atoms with Crippen molar-refractivity contribution >= 4 is 11.8 Å². The molecule has 0 spiro atoms. The van der Waals surface area contributed by atoms with Crippen LogP contribution >= 0.6 is 0 Å². The van der Waals surface area contributed by atoms with E-state index in [1.807, 2.05) is 0 Å². The molecule has 1 heterocycles. The van der Waals surface area contributed by atoms with Gasteiger partial charge in [-0.2, -0.15) is 13.2 Å². The van der Waals surface area contributed by atoms with E-state index in [0.717, 1.165) is 12.1 Å². The number of carbonyl (C=O) groups is 2. The number of benzene rings is 2. The first-order chi connectivity index (χ1) is 15.2. The highest BCUT2D eigenvalue weighted by Crippen LogP contribution is 2.31. The smallest absolute Gasteiger partial charge is 0.416 e. The van der Waals surface area contributed by atoms with Crippen LogP contribution < -0.4 is 10.1 Å². The number of hydrogen-bond donors (Lipinski definition) is 1. The van der Waals surface area contributed by atoms with Crippen molar-refractivity contribution < 1.29 is 31.9 Å². The SMILES string of the molecule is COc1ccc(CCC(=O)NC(CN2CCCC2=O)c2cccc(C(F)(F)F)c2)cc1F. The summed E-state index contributed by atoms with van der Waals surface area (Å²) in [4.78, 5) is 26.2. The number of aryl methyl sites for hydroxylation is 1. The molecule has 2 aromatic rings. The van der Waals surface area contributed by atoms with Gasteiger partial charge in [0.15, 0.2) is 11.6 Å². The number of carbonyl (C=O) groups excluding carboxylic acids is 2. The number of ether oxygens (including phenoxy) is 1. The maximum atomic E-state index is 13.8. The first kappa shape index (κ1) is 23.6. The summed E-state index contributed by atoms with van der Waals surface area (Å²) >= 11 is 0. The Morgan fingerprint density at radius 3 is 2.62 bits per heavy atom. The van der Waals surface area contributed by atoms with Gasteiger partial charge in [0.05, 0.1) is 18.7 Å². The fraction of sp³-hybridized carbons (Fsp3) is 0.391. The van der Waals surface area contributed by atoms with E-state index in [0.29, 0.717) is 24.9 Å². The average molecular weight is 452 g/mol. The maximum Gasteiger partial charge on any atom is 0.416 e. The summed E-state index contributed by atoms with van der Waals surface area (Å²) in [7, 11) is 1.35. The summed E-state index contributed by atoms with van der Waals surface area (Å²) in [5, 5.41) is 2.75. The van der Waals surface area contributed by atoms with Gasteiger partial charge in [0.2, 0.25) is 11.8 Å². The zero-order chi connectivity index (χ0) is 23.3. The lowest BCUT2D eigenvalue weighted by atomic mass is 10.0. The Bertz CT molecular complexity index is 978. The minimum absolute atomic E-state index is 0.00910. The quantitative estimate of drug-likeness (QED) is 0.609. The van der Waals surface area contributed by atoms with E-state index in [-0.39, 0.29) is 36.6 Å². The predicted octanol–water partition coefficient (Wildman–Crippen LogP) is 4.27. The Kier molecular flexibility index (Phi) is 7.37. The highest BCUT2D eigenvalue weighted by Gasteiger charge is 2.32. The summed E-state index contributed by atoms with van der Waals surface area (Å²) in [5.74, 6) is -0.946.